The lowest BCUT2D eigenvalue weighted by Crippen LogP contribution is -2.07. The summed E-state index contributed by atoms with van der Waals surface area (Å²) in [5.41, 5.74) is 6.74. The number of para-hydroxylation sites is 1. The summed E-state index contributed by atoms with van der Waals surface area (Å²) in [4.78, 5) is 0. The maximum atomic E-state index is 13.6. The Bertz CT molecular complexity index is 617. The van der Waals surface area contributed by atoms with Gasteiger partial charge in [0.2, 0.25) is 0 Å². The predicted molar refractivity (Wildman–Crippen MR) is 76.4 cm³/mol. The molecule has 0 spiro atoms. The van der Waals surface area contributed by atoms with Crippen LogP contribution in [0.25, 0.3) is 0 Å². The van der Waals surface area contributed by atoms with E-state index in [0.29, 0.717) is 24.5 Å². The van der Waals surface area contributed by atoms with Gasteiger partial charge in [-0.1, -0.05) is 12.1 Å². The van der Waals surface area contributed by atoms with Crippen molar-refractivity contribution in [1.29, 1.82) is 0 Å². The van der Waals surface area contributed by atoms with E-state index < -0.39 is 11.6 Å². The van der Waals surface area contributed by atoms with Crippen LogP contribution in [0.5, 0.6) is 11.5 Å². The first-order chi connectivity index (χ1) is 10.2. The molecule has 0 radical (unpaired) electrons. The first-order valence-corrected chi connectivity index (χ1v) is 6.58. The van der Waals surface area contributed by atoms with Crippen molar-refractivity contribution in [3.05, 3.63) is 59.2 Å². The zero-order valence-corrected chi connectivity index (χ0v) is 11.7. The van der Waals surface area contributed by atoms with Gasteiger partial charge in [-0.25, -0.2) is 8.78 Å². The van der Waals surface area contributed by atoms with Crippen molar-refractivity contribution in [3.8, 4) is 11.5 Å². The van der Waals surface area contributed by atoms with E-state index in [0.717, 1.165) is 11.6 Å². The first-order valence-electron chi connectivity index (χ1n) is 6.58. The second-order valence-corrected chi connectivity index (χ2v) is 4.51. The Kier molecular flexibility index (Phi) is 5.11. The molecule has 5 heteroatoms. The molecule has 2 aromatic rings. The van der Waals surface area contributed by atoms with Crippen LogP contribution < -0.4 is 15.2 Å². The summed E-state index contributed by atoms with van der Waals surface area (Å²) in [6, 6.07) is 8.88. The lowest BCUT2D eigenvalue weighted by molar-refractivity contribution is 0.276. The molecule has 0 saturated carbocycles. The fourth-order valence-electron chi connectivity index (χ4n) is 2.03. The van der Waals surface area contributed by atoms with Crippen molar-refractivity contribution < 1.29 is 18.3 Å². The fraction of sp³-hybridized carbons (Fsp3) is 0.250. The van der Waals surface area contributed by atoms with E-state index in [2.05, 4.69) is 0 Å². The second kappa shape index (κ2) is 7.04. The number of rotatable bonds is 6. The van der Waals surface area contributed by atoms with Gasteiger partial charge in [0.05, 0.1) is 7.11 Å². The van der Waals surface area contributed by atoms with Gasteiger partial charge in [-0.15, -0.1) is 0 Å². The number of ether oxygens (including phenoxy) is 2. The van der Waals surface area contributed by atoms with Gasteiger partial charge in [0, 0.05) is 11.6 Å². The quantitative estimate of drug-likeness (QED) is 0.890. The van der Waals surface area contributed by atoms with Gasteiger partial charge in [-0.3, -0.25) is 0 Å². The number of halogens is 2. The lowest BCUT2D eigenvalue weighted by Gasteiger charge is -2.15. The number of hydrogen-bond acceptors (Lipinski definition) is 3. The third-order valence-electron chi connectivity index (χ3n) is 3.08. The Morgan fingerprint density at radius 3 is 2.57 bits per heavy atom. The number of benzene rings is 2. The van der Waals surface area contributed by atoms with Gasteiger partial charge in [-0.05, 0) is 36.7 Å². The molecule has 0 amide bonds. The van der Waals surface area contributed by atoms with Crippen molar-refractivity contribution in [3.63, 3.8) is 0 Å². The minimum atomic E-state index is -0.634. The van der Waals surface area contributed by atoms with Crippen molar-refractivity contribution in [2.45, 2.75) is 13.0 Å². The van der Waals surface area contributed by atoms with Crippen molar-refractivity contribution in [2.24, 2.45) is 5.73 Å². The molecular formula is C16H17F2NO2. The highest BCUT2D eigenvalue weighted by atomic mass is 19.1. The molecule has 0 aliphatic heterocycles. The van der Waals surface area contributed by atoms with Crippen molar-refractivity contribution in [1.82, 2.24) is 0 Å². The molecule has 0 fully saturated rings. The van der Waals surface area contributed by atoms with Crippen LogP contribution in [0.1, 0.15) is 11.1 Å². The van der Waals surface area contributed by atoms with Crippen LogP contribution in [-0.4, -0.2) is 13.7 Å². The minimum Gasteiger partial charge on any atom is -0.493 e. The lowest BCUT2D eigenvalue weighted by atomic mass is 10.1. The largest absolute Gasteiger partial charge is 0.493 e. The van der Waals surface area contributed by atoms with Crippen LogP contribution in [-0.2, 0) is 13.0 Å². The van der Waals surface area contributed by atoms with Crippen LogP contribution >= 0.6 is 0 Å². The molecule has 0 aromatic heterocycles. The van der Waals surface area contributed by atoms with Crippen molar-refractivity contribution in [2.75, 3.05) is 13.7 Å². The van der Waals surface area contributed by atoms with E-state index >= 15 is 0 Å². The molecule has 112 valence electrons. The SMILES string of the molecule is COc1cccc(CCN)c1OCc1ccc(F)cc1F. The average Bonchev–Trinajstić information content (AvgIpc) is 2.47. The monoisotopic (exact) mass is 293 g/mol. The maximum absolute atomic E-state index is 13.6. The molecule has 0 heterocycles. The number of hydrogen-bond donors (Lipinski definition) is 1. The molecule has 0 aliphatic carbocycles. The highest BCUT2D eigenvalue weighted by molar-refractivity contribution is 5.47. The number of nitrogens with two attached hydrogens (primary N) is 1. The summed E-state index contributed by atoms with van der Waals surface area (Å²) in [5, 5.41) is 0. The first kappa shape index (κ1) is 15.3. The third-order valence-corrected chi connectivity index (χ3v) is 3.08. The zero-order chi connectivity index (χ0) is 15.2. The molecule has 0 bridgehead atoms. The average molecular weight is 293 g/mol. The molecule has 0 unspecified atom stereocenters. The summed E-state index contributed by atoms with van der Waals surface area (Å²) >= 11 is 0. The topological polar surface area (TPSA) is 44.5 Å². The zero-order valence-electron chi connectivity index (χ0n) is 11.7. The van der Waals surface area contributed by atoms with E-state index in [1.807, 2.05) is 12.1 Å². The second-order valence-electron chi connectivity index (χ2n) is 4.51. The molecular weight excluding hydrogens is 276 g/mol. The Morgan fingerprint density at radius 2 is 1.90 bits per heavy atom. The Labute approximate surface area is 122 Å². The summed E-state index contributed by atoms with van der Waals surface area (Å²) in [6.45, 7) is 0.457. The Balaban J connectivity index is 2.22. The van der Waals surface area contributed by atoms with E-state index in [1.54, 1.807) is 6.07 Å². The molecule has 2 N–H and O–H groups in total. The van der Waals surface area contributed by atoms with Crippen LogP contribution in [0, 0.1) is 11.6 Å². The normalized spacial score (nSPS) is 10.5. The minimum absolute atomic E-state index is 0.00986. The molecule has 2 rings (SSSR count). The Morgan fingerprint density at radius 1 is 1.10 bits per heavy atom. The summed E-state index contributed by atoms with van der Waals surface area (Å²) < 4.78 is 37.4. The molecule has 3 nitrogen and oxygen atoms in total. The van der Waals surface area contributed by atoms with Gasteiger partial charge in [0.25, 0.3) is 0 Å². The van der Waals surface area contributed by atoms with Gasteiger partial charge in [0.15, 0.2) is 11.5 Å². The van der Waals surface area contributed by atoms with E-state index in [9.17, 15) is 8.78 Å². The van der Waals surface area contributed by atoms with Crippen LogP contribution in [0.4, 0.5) is 8.78 Å². The number of methoxy groups -OCH3 is 1. The van der Waals surface area contributed by atoms with Gasteiger partial charge >= 0.3 is 0 Å². The van der Waals surface area contributed by atoms with E-state index in [1.165, 1.54) is 19.2 Å². The molecule has 0 atom stereocenters. The summed E-state index contributed by atoms with van der Waals surface area (Å²) in [5.74, 6) is -0.153. The molecule has 2 aromatic carbocycles. The van der Waals surface area contributed by atoms with Crippen molar-refractivity contribution >= 4 is 0 Å². The third kappa shape index (κ3) is 3.70. The molecule has 0 aliphatic rings. The maximum Gasteiger partial charge on any atom is 0.164 e. The summed E-state index contributed by atoms with van der Waals surface area (Å²) in [7, 11) is 1.53. The Hall–Kier alpha value is -2.14. The predicted octanol–water partition coefficient (Wildman–Crippen LogP) is 3.05. The fourth-order valence-corrected chi connectivity index (χ4v) is 2.03. The molecule has 21 heavy (non-hydrogen) atoms. The van der Waals surface area contributed by atoms with E-state index in [-0.39, 0.29) is 12.2 Å². The van der Waals surface area contributed by atoms with Crippen LogP contribution in [0.3, 0.4) is 0 Å². The summed E-state index contributed by atoms with van der Waals surface area (Å²) in [6.07, 6.45) is 0.623. The highest BCUT2D eigenvalue weighted by Crippen LogP contribution is 2.32. The molecule has 0 saturated heterocycles. The van der Waals surface area contributed by atoms with Crippen LogP contribution in [0.15, 0.2) is 36.4 Å². The highest BCUT2D eigenvalue weighted by Gasteiger charge is 2.12. The van der Waals surface area contributed by atoms with Gasteiger partial charge < -0.3 is 15.2 Å². The standard InChI is InChI=1S/C16H17F2NO2/c1-20-15-4-2-3-11(7-8-19)16(15)21-10-12-5-6-13(17)9-14(12)18/h2-6,9H,7-8,10,19H2,1H3. The van der Waals surface area contributed by atoms with Gasteiger partial charge in [0.1, 0.15) is 18.2 Å². The van der Waals surface area contributed by atoms with Gasteiger partial charge in [-0.2, -0.15) is 0 Å². The smallest absolute Gasteiger partial charge is 0.164 e. The van der Waals surface area contributed by atoms with E-state index in [4.69, 9.17) is 15.2 Å². The van der Waals surface area contributed by atoms with Crippen LogP contribution in [0.2, 0.25) is 0 Å².